The molecule has 0 atom stereocenters. The van der Waals surface area contributed by atoms with Gasteiger partial charge in [-0.3, -0.25) is 4.99 Å². The van der Waals surface area contributed by atoms with Gasteiger partial charge in [0.1, 0.15) is 5.82 Å². The molecule has 0 fully saturated rings. The van der Waals surface area contributed by atoms with Crippen molar-refractivity contribution in [1.29, 1.82) is 0 Å². The van der Waals surface area contributed by atoms with Crippen LogP contribution in [0.15, 0.2) is 34.6 Å². The number of nitrogens with one attached hydrogen (secondary N) is 1. The van der Waals surface area contributed by atoms with Crippen LogP contribution in [0.3, 0.4) is 0 Å². The summed E-state index contributed by atoms with van der Waals surface area (Å²) in [5, 5.41) is 6.43. The average Bonchev–Trinajstić information content (AvgIpc) is 2.92. The molecule has 2 aromatic rings. The van der Waals surface area contributed by atoms with Gasteiger partial charge < -0.3 is 10.2 Å². The van der Waals surface area contributed by atoms with Crippen molar-refractivity contribution in [3.05, 3.63) is 51.7 Å². The summed E-state index contributed by atoms with van der Waals surface area (Å²) in [5.74, 6) is 0.612. The lowest BCUT2D eigenvalue weighted by atomic mass is 10.2. The highest BCUT2D eigenvalue weighted by molar-refractivity contribution is 14.0. The van der Waals surface area contributed by atoms with Crippen LogP contribution in [0, 0.1) is 12.7 Å². The van der Waals surface area contributed by atoms with Crippen LogP contribution in [0.1, 0.15) is 23.2 Å². The molecule has 132 valence electrons. The predicted molar refractivity (Wildman–Crippen MR) is 110 cm³/mol. The number of rotatable bonds is 6. The van der Waals surface area contributed by atoms with E-state index in [1.807, 2.05) is 31.9 Å². The Morgan fingerprint density at radius 1 is 1.42 bits per heavy atom. The van der Waals surface area contributed by atoms with Gasteiger partial charge in [0.25, 0.3) is 0 Å². The Morgan fingerprint density at radius 3 is 2.83 bits per heavy atom. The molecule has 0 aliphatic rings. The third-order valence-corrected chi connectivity index (χ3v) is 4.12. The fraction of sp³-hybridized carbons (Fsp3) is 0.412. The molecule has 7 heteroatoms. The Labute approximate surface area is 164 Å². The summed E-state index contributed by atoms with van der Waals surface area (Å²) in [6.07, 6.45) is 0.826. The van der Waals surface area contributed by atoms with E-state index in [2.05, 4.69) is 20.7 Å². The lowest BCUT2D eigenvalue weighted by molar-refractivity contribution is 0.475. The molecular formula is C17H24FIN4S. The van der Waals surface area contributed by atoms with Crippen LogP contribution in [0.4, 0.5) is 4.39 Å². The van der Waals surface area contributed by atoms with Gasteiger partial charge in [-0.2, -0.15) is 0 Å². The summed E-state index contributed by atoms with van der Waals surface area (Å²) in [7, 11) is 1.96. The van der Waals surface area contributed by atoms with Crippen molar-refractivity contribution in [3.8, 4) is 0 Å². The number of benzene rings is 1. The second kappa shape index (κ2) is 10.6. The van der Waals surface area contributed by atoms with Crippen molar-refractivity contribution in [2.24, 2.45) is 4.99 Å². The second-order valence-corrected chi connectivity index (χ2v) is 6.39. The zero-order valence-corrected chi connectivity index (χ0v) is 17.4. The topological polar surface area (TPSA) is 40.5 Å². The highest BCUT2D eigenvalue weighted by atomic mass is 127. The van der Waals surface area contributed by atoms with E-state index in [9.17, 15) is 4.39 Å². The van der Waals surface area contributed by atoms with Gasteiger partial charge in [-0.15, -0.1) is 35.3 Å². The number of hydrogen-bond donors (Lipinski definition) is 1. The number of aryl methyl sites for hydroxylation is 1. The highest BCUT2D eigenvalue weighted by Crippen LogP contribution is 2.09. The molecule has 24 heavy (non-hydrogen) atoms. The van der Waals surface area contributed by atoms with E-state index in [1.54, 1.807) is 23.5 Å². The fourth-order valence-electron chi connectivity index (χ4n) is 2.25. The van der Waals surface area contributed by atoms with Gasteiger partial charge in [0, 0.05) is 38.5 Å². The molecule has 1 aromatic heterocycles. The van der Waals surface area contributed by atoms with Crippen LogP contribution in [-0.4, -0.2) is 36.0 Å². The molecule has 4 nitrogen and oxygen atoms in total. The lowest BCUT2D eigenvalue weighted by Gasteiger charge is -2.22. The van der Waals surface area contributed by atoms with Gasteiger partial charge in [-0.25, -0.2) is 9.37 Å². The smallest absolute Gasteiger partial charge is 0.193 e. The highest BCUT2D eigenvalue weighted by Gasteiger charge is 2.07. The number of guanidine groups is 1. The van der Waals surface area contributed by atoms with Crippen molar-refractivity contribution >= 4 is 41.3 Å². The van der Waals surface area contributed by atoms with E-state index >= 15 is 0 Å². The molecule has 0 bridgehead atoms. The molecule has 0 unspecified atom stereocenters. The van der Waals surface area contributed by atoms with Gasteiger partial charge in [-0.05, 0) is 31.5 Å². The largest absolute Gasteiger partial charge is 0.357 e. The van der Waals surface area contributed by atoms with Crippen molar-refractivity contribution in [1.82, 2.24) is 15.2 Å². The Bertz CT molecular complexity index is 660. The normalized spacial score (nSPS) is 11.1. The number of aliphatic imine (C=N–C) groups is 1. The number of thiazole rings is 1. The van der Waals surface area contributed by atoms with E-state index in [-0.39, 0.29) is 29.8 Å². The number of aromatic nitrogens is 1. The summed E-state index contributed by atoms with van der Waals surface area (Å²) in [5.41, 5.74) is 2.01. The molecule has 0 aliphatic heterocycles. The molecule has 1 aromatic carbocycles. The predicted octanol–water partition coefficient (Wildman–Crippen LogP) is 3.85. The third kappa shape index (κ3) is 6.72. The molecule has 2 rings (SSSR count). The van der Waals surface area contributed by atoms with Crippen LogP contribution in [-0.2, 0) is 13.0 Å². The molecule has 1 heterocycles. The van der Waals surface area contributed by atoms with Gasteiger partial charge in [0.2, 0.25) is 0 Å². The summed E-state index contributed by atoms with van der Waals surface area (Å²) in [4.78, 5) is 11.1. The minimum absolute atomic E-state index is 0. The zero-order valence-electron chi connectivity index (χ0n) is 14.3. The van der Waals surface area contributed by atoms with Crippen LogP contribution >= 0.6 is 35.3 Å². The Hall–Kier alpha value is -1.22. The van der Waals surface area contributed by atoms with Crippen molar-refractivity contribution in [2.75, 3.05) is 20.1 Å². The van der Waals surface area contributed by atoms with Crippen LogP contribution in [0.2, 0.25) is 0 Å². The molecule has 0 aliphatic carbocycles. The van der Waals surface area contributed by atoms with Crippen LogP contribution in [0.5, 0.6) is 0 Å². The van der Waals surface area contributed by atoms with Crippen LogP contribution < -0.4 is 5.32 Å². The Balaban J connectivity index is 0.00000288. The molecule has 0 saturated carbocycles. The maximum atomic E-state index is 13.3. The summed E-state index contributed by atoms with van der Waals surface area (Å²) in [6, 6.07) is 6.66. The van der Waals surface area contributed by atoms with Gasteiger partial charge >= 0.3 is 0 Å². The second-order valence-electron chi connectivity index (χ2n) is 5.33. The van der Waals surface area contributed by atoms with E-state index in [4.69, 9.17) is 0 Å². The number of hydrogen-bond acceptors (Lipinski definition) is 3. The minimum Gasteiger partial charge on any atom is -0.357 e. The molecule has 0 saturated heterocycles. The average molecular weight is 462 g/mol. The monoisotopic (exact) mass is 462 g/mol. The SMILES string of the molecule is CCNC(=NCCc1csc(C)n1)N(C)Cc1cccc(F)c1.I. The minimum atomic E-state index is -0.211. The first-order valence-electron chi connectivity index (χ1n) is 7.73. The van der Waals surface area contributed by atoms with E-state index in [0.717, 1.165) is 35.2 Å². The fourth-order valence-corrected chi connectivity index (χ4v) is 2.90. The van der Waals surface area contributed by atoms with E-state index < -0.39 is 0 Å². The maximum Gasteiger partial charge on any atom is 0.193 e. The van der Waals surface area contributed by atoms with Crippen molar-refractivity contribution in [2.45, 2.75) is 26.8 Å². The first-order valence-corrected chi connectivity index (χ1v) is 8.61. The molecular weight excluding hydrogens is 438 g/mol. The van der Waals surface area contributed by atoms with E-state index in [1.165, 1.54) is 6.07 Å². The van der Waals surface area contributed by atoms with Gasteiger partial charge in [0.15, 0.2) is 5.96 Å². The zero-order chi connectivity index (χ0) is 16.7. The molecule has 0 amide bonds. The quantitative estimate of drug-likeness (QED) is 0.403. The Kier molecular flexibility index (Phi) is 9.20. The van der Waals surface area contributed by atoms with Crippen molar-refractivity contribution < 1.29 is 4.39 Å². The van der Waals surface area contributed by atoms with E-state index in [0.29, 0.717) is 13.1 Å². The standard InChI is InChI=1S/C17H23FN4S.HI/c1-4-19-17(20-9-8-16-12-23-13(2)21-16)22(3)11-14-6-5-7-15(18)10-14;/h5-7,10,12H,4,8-9,11H2,1-3H3,(H,19,20);1H. The van der Waals surface area contributed by atoms with Gasteiger partial charge in [0.05, 0.1) is 10.7 Å². The number of nitrogens with zero attached hydrogens (tertiary/aromatic N) is 3. The molecule has 0 spiro atoms. The first kappa shape index (κ1) is 20.8. The summed E-state index contributed by atoms with van der Waals surface area (Å²) in [6.45, 7) is 6.13. The number of halogens is 2. The lowest BCUT2D eigenvalue weighted by Crippen LogP contribution is -2.38. The molecule has 1 N–H and O–H groups in total. The maximum absolute atomic E-state index is 13.3. The van der Waals surface area contributed by atoms with Crippen LogP contribution in [0.25, 0.3) is 0 Å². The van der Waals surface area contributed by atoms with Crippen molar-refractivity contribution in [3.63, 3.8) is 0 Å². The first-order chi connectivity index (χ1) is 11.1. The third-order valence-electron chi connectivity index (χ3n) is 3.30. The Morgan fingerprint density at radius 2 is 2.21 bits per heavy atom. The van der Waals surface area contributed by atoms with Gasteiger partial charge in [-0.1, -0.05) is 12.1 Å². The summed E-state index contributed by atoms with van der Waals surface area (Å²) < 4.78 is 13.3. The summed E-state index contributed by atoms with van der Waals surface area (Å²) >= 11 is 1.66. The molecule has 0 radical (unpaired) electrons.